The van der Waals surface area contributed by atoms with E-state index < -0.39 is 0 Å². The van der Waals surface area contributed by atoms with Gasteiger partial charge in [0.15, 0.2) is 0 Å². The highest BCUT2D eigenvalue weighted by Crippen LogP contribution is 2.29. The van der Waals surface area contributed by atoms with Crippen LogP contribution in [0.4, 0.5) is 16.2 Å². The van der Waals surface area contributed by atoms with E-state index in [9.17, 15) is 4.79 Å². The van der Waals surface area contributed by atoms with E-state index in [0.717, 1.165) is 37.4 Å². The number of methoxy groups -OCH3 is 1. The van der Waals surface area contributed by atoms with Gasteiger partial charge in [-0.25, -0.2) is 4.79 Å². The van der Waals surface area contributed by atoms with E-state index in [4.69, 9.17) is 10.5 Å². The highest BCUT2D eigenvalue weighted by atomic mass is 16.5. The number of nitrogens with zero attached hydrogens (tertiary/aromatic N) is 1. The average Bonchev–Trinajstić information content (AvgIpc) is 2.94. The standard InChI is InChI=1S/C15H23N3O3/c1-3-8-21-14-9-12(4-5-13(14)16)18-7-6-11(10-18)17-15(19)20-2/h4-5,9,11H,3,6-8,10,16H2,1-2H3,(H,17,19). The molecule has 1 aliphatic rings. The maximum atomic E-state index is 11.2. The summed E-state index contributed by atoms with van der Waals surface area (Å²) in [4.78, 5) is 13.4. The first-order valence-electron chi connectivity index (χ1n) is 7.25. The van der Waals surface area contributed by atoms with Crippen LogP contribution in [-0.2, 0) is 4.74 Å². The second-order valence-corrected chi connectivity index (χ2v) is 5.14. The summed E-state index contributed by atoms with van der Waals surface area (Å²) in [6, 6.07) is 5.91. The summed E-state index contributed by atoms with van der Waals surface area (Å²) in [6.07, 6.45) is 1.45. The van der Waals surface area contributed by atoms with Crippen LogP contribution in [0.5, 0.6) is 5.75 Å². The molecule has 0 aliphatic carbocycles. The highest BCUT2D eigenvalue weighted by molar-refractivity contribution is 5.68. The number of carbonyl (C=O) groups excluding carboxylic acids is 1. The molecule has 21 heavy (non-hydrogen) atoms. The van der Waals surface area contributed by atoms with Crippen LogP contribution in [0, 0.1) is 0 Å². The van der Waals surface area contributed by atoms with Crippen LogP contribution in [0.25, 0.3) is 0 Å². The highest BCUT2D eigenvalue weighted by Gasteiger charge is 2.24. The number of hydrogen-bond acceptors (Lipinski definition) is 5. The van der Waals surface area contributed by atoms with Gasteiger partial charge in [0, 0.05) is 24.8 Å². The fourth-order valence-corrected chi connectivity index (χ4v) is 2.39. The van der Waals surface area contributed by atoms with Gasteiger partial charge in [-0.15, -0.1) is 0 Å². The number of nitrogen functional groups attached to an aromatic ring is 1. The molecule has 1 aliphatic heterocycles. The molecule has 3 N–H and O–H groups in total. The Balaban J connectivity index is 2.00. The average molecular weight is 293 g/mol. The predicted molar refractivity (Wildman–Crippen MR) is 82.8 cm³/mol. The first-order chi connectivity index (χ1) is 10.1. The summed E-state index contributed by atoms with van der Waals surface area (Å²) in [5.41, 5.74) is 7.63. The molecule has 1 saturated heterocycles. The molecule has 0 saturated carbocycles. The van der Waals surface area contributed by atoms with Gasteiger partial charge in [-0.05, 0) is 25.0 Å². The molecule has 1 atom stereocenters. The van der Waals surface area contributed by atoms with E-state index in [-0.39, 0.29) is 12.1 Å². The Morgan fingerprint density at radius 1 is 1.52 bits per heavy atom. The van der Waals surface area contributed by atoms with Gasteiger partial charge in [-0.3, -0.25) is 0 Å². The first-order valence-corrected chi connectivity index (χ1v) is 7.25. The minimum Gasteiger partial charge on any atom is -0.491 e. The maximum Gasteiger partial charge on any atom is 0.407 e. The summed E-state index contributed by atoms with van der Waals surface area (Å²) in [7, 11) is 1.37. The number of rotatable bonds is 5. The van der Waals surface area contributed by atoms with Gasteiger partial charge in [-0.1, -0.05) is 6.92 Å². The van der Waals surface area contributed by atoms with Crippen LogP contribution in [0.15, 0.2) is 18.2 Å². The third kappa shape index (κ3) is 3.93. The van der Waals surface area contributed by atoms with Crippen molar-refractivity contribution in [2.24, 2.45) is 0 Å². The molecule has 1 fully saturated rings. The monoisotopic (exact) mass is 293 g/mol. The van der Waals surface area contributed by atoms with Crippen LogP contribution in [-0.4, -0.2) is 38.9 Å². The number of nitrogens with one attached hydrogen (secondary N) is 1. The fourth-order valence-electron chi connectivity index (χ4n) is 2.39. The summed E-state index contributed by atoms with van der Waals surface area (Å²) < 4.78 is 10.3. The number of hydrogen-bond donors (Lipinski definition) is 2. The topological polar surface area (TPSA) is 76.8 Å². The molecular formula is C15H23N3O3. The van der Waals surface area contributed by atoms with Crippen molar-refractivity contribution in [2.45, 2.75) is 25.8 Å². The van der Waals surface area contributed by atoms with Crippen molar-refractivity contribution in [2.75, 3.05) is 37.4 Å². The molecule has 0 spiro atoms. The zero-order valence-corrected chi connectivity index (χ0v) is 12.6. The Labute approximate surface area is 125 Å². The summed E-state index contributed by atoms with van der Waals surface area (Å²) in [5.74, 6) is 0.721. The quantitative estimate of drug-likeness (QED) is 0.812. The molecule has 0 bridgehead atoms. The Morgan fingerprint density at radius 3 is 3.05 bits per heavy atom. The van der Waals surface area contributed by atoms with Crippen LogP contribution >= 0.6 is 0 Å². The molecule has 0 radical (unpaired) electrons. The molecule has 1 unspecified atom stereocenters. The van der Waals surface area contributed by atoms with Crippen molar-refractivity contribution in [1.82, 2.24) is 5.32 Å². The van der Waals surface area contributed by atoms with Gasteiger partial charge < -0.3 is 25.4 Å². The van der Waals surface area contributed by atoms with Crippen LogP contribution in [0.2, 0.25) is 0 Å². The number of alkyl carbamates (subject to hydrolysis) is 1. The lowest BCUT2D eigenvalue weighted by Gasteiger charge is -2.20. The molecule has 1 aromatic rings. The lowest BCUT2D eigenvalue weighted by Crippen LogP contribution is -2.36. The summed E-state index contributed by atoms with van der Waals surface area (Å²) in [6.45, 7) is 4.35. The van der Waals surface area contributed by atoms with E-state index in [1.54, 1.807) is 0 Å². The van der Waals surface area contributed by atoms with E-state index >= 15 is 0 Å². The third-order valence-corrected chi connectivity index (χ3v) is 3.52. The Morgan fingerprint density at radius 2 is 2.33 bits per heavy atom. The summed E-state index contributed by atoms with van der Waals surface area (Å²) >= 11 is 0. The van der Waals surface area contributed by atoms with Gasteiger partial charge in [-0.2, -0.15) is 0 Å². The molecule has 1 aromatic carbocycles. The second kappa shape index (κ2) is 7.06. The van der Waals surface area contributed by atoms with Crippen LogP contribution in [0.3, 0.4) is 0 Å². The van der Waals surface area contributed by atoms with Gasteiger partial charge >= 0.3 is 6.09 Å². The third-order valence-electron chi connectivity index (χ3n) is 3.52. The van der Waals surface area contributed by atoms with E-state index in [1.807, 2.05) is 18.2 Å². The lowest BCUT2D eigenvalue weighted by atomic mass is 10.2. The lowest BCUT2D eigenvalue weighted by molar-refractivity contribution is 0.167. The van der Waals surface area contributed by atoms with E-state index in [1.165, 1.54) is 7.11 Å². The molecule has 6 nitrogen and oxygen atoms in total. The molecule has 1 heterocycles. The van der Waals surface area contributed by atoms with Crippen LogP contribution in [0.1, 0.15) is 19.8 Å². The van der Waals surface area contributed by atoms with Gasteiger partial charge in [0.1, 0.15) is 5.75 Å². The van der Waals surface area contributed by atoms with Crippen molar-refractivity contribution >= 4 is 17.5 Å². The summed E-state index contributed by atoms with van der Waals surface area (Å²) in [5, 5.41) is 2.83. The van der Waals surface area contributed by atoms with Gasteiger partial charge in [0.25, 0.3) is 0 Å². The van der Waals surface area contributed by atoms with Gasteiger partial charge in [0.2, 0.25) is 0 Å². The SMILES string of the molecule is CCCOc1cc(N2CCC(NC(=O)OC)C2)ccc1N. The number of ether oxygens (including phenoxy) is 2. The Hall–Kier alpha value is -2.11. The molecule has 0 aromatic heterocycles. The van der Waals surface area contributed by atoms with Crippen molar-refractivity contribution in [3.05, 3.63) is 18.2 Å². The Bertz CT molecular complexity index is 493. The second-order valence-electron chi connectivity index (χ2n) is 5.14. The van der Waals surface area contributed by atoms with E-state index in [2.05, 4.69) is 21.9 Å². The maximum absolute atomic E-state index is 11.2. The number of amides is 1. The smallest absolute Gasteiger partial charge is 0.407 e. The molecule has 1 amide bonds. The minimum absolute atomic E-state index is 0.106. The van der Waals surface area contributed by atoms with E-state index in [0.29, 0.717) is 12.3 Å². The molecule has 2 rings (SSSR count). The predicted octanol–water partition coefficient (Wildman–Crippen LogP) is 1.99. The van der Waals surface area contributed by atoms with Crippen molar-refractivity contribution < 1.29 is 14.3 Å². The van der Waals surface area contributed by atoms with Gasteiger partial charge in [0.05, 0.1) is 25.4 Å². The number of benzene rings is 1. The van der Waals surface area contributed by atoms with Crippen LogP contribution < -0.4 is 20.7 Å². The zero-order valence-electron chi connectivity index (χ0n) is 12.6. The fraction of sp³-hybridized carbons (Fsp3) is 0.533. The molecular weight excluding hydrogens is 270 g/mol. The van der Waals surface area contributed by atoms with Crippen molar-refractivity contribution in [1.29, 1.82) is 0 Å². The van der Waals surface area contributed by atoms with Crippen molar-refractivity contribution in [3.8, 4) is 5.75 Å². The minimum atomic E-state index is -0.383. The number of nitrogens with two attached hydrogens (primary N) is 1. The molecule has 116 valence electrons. The Kier molecular flexibility index (Phi) is 5.14. The normalized spacial score (nSPS) is 17.6. The largest absolute Gasteiger partial charge is 0.491 e. The first kappa shape index (κ1) is 15.3. The zero-order chi connectivity index (χ0) is 15.2. The number of anilines is 2. The molecule has 6 heteroatoms. The number of carbonyl (C=O) groups is 1. The van der Waals surface area contributed by atoms with Crippen molar-refractivity contribution in [3.63, 3.8) is 0 Å².